The molecule has 1 heterocycles. The van der Waals surface area contributed by atoms with Crippen molar-refractivity contribution in [1.29, 1.82) is 0 Å². The molecule has 0 aromatic carbocycles. The fraction of sp³-hybridized carbons (Fsp3) is 0.846. The average molecular weight is 270 g/mol. The summed E-state index contributed by atoms with van der Waals surface area (Å²) in [5.74, 6) is -0.228. The number of hydrogen-bond donors (Lipinski definition) is 3. The van der Waals surface area contributed by atoms with Crippen LogP contribution >= 0.6 is 0 Å². The molecule has 1 saturated heterocycles. The summed E-state index contributed by atoms with van der Waals surface area (Å²) in [6.07, 6.45) is 2.93. The van der Waals surface area contributed by atoms with Gasteiger partial charge < -0.3 is 10.6 Å². The summed E-state index contributed by atoms with van der Waals surface area (Å²) in [7, 11) is 0. The Morgan fingerprint density at radius 2 is 2.11 bits per heavy atom. The normalized spacial score (nSPS) is 18.6. The van der Waals surface area contributed by atoms with Crippen molar-refractivity contribution < 1.29 is 9.59 Å². The molecule has 6 heteroatoms. The van der Waals surface area contributed by atoms with Gasteiger partial charge in [-0.25, -0.2) is 4.79 Å². The first-order valence-corrected chi connectivity index (χ1v) is 7.19. The molecule has 0 radical (unpaired) electrons. The second-order valence-electron chi connectivity index (χ2n) is 4.92. The van der Waals surface area contributed by atoms with Gasteiger partial charge in [0.15, 0.2) is 0 Å². The maximum absolute atomic E-state index is 11.8. The number of nitrogens with zero attached hydrogens (tertiary/aromatic N) is 1. The summed E-state index contributed by atoms with van der Waals surface area (Å²) in [5, 5.41) is 8.31. The van der Waals surface area contributed by atoms with Crippen molar-refractivity contribution in [3.05, 3.63) is 0 Å². The summed E-state index contributed by atoms with van der Waals surface area (Å²) >= 11 is 0. The molecule has 1 aliphatic heterocycles. The molecule has 1 atom stereocenters. The van der Waals surface area contributed by atoms with Crippen LogP contribution in [-0.4, -0.2) is 55.6 Å². The molecule has 0 aliphatic carbocycles. The van der Waals surface area contributed by atoms with E-state index in [4.69, 9.17) is 0 Å². The molecule has 3 N–H and O–H groups in total. The Kier molecular flexibility index (Phi) is 7.43. The van der Waals surface area contributed by atoms with Gasteiger partial charge in [-0.05, 0) is 32.4 Å². The number of nitrogens with one attached hydrogen (secondary N) is 3. The number of imide groups is 1. The van der Waals surface area contributed by atoms with E-state index in [2.05, 4.69) is 27.8 Å². The van der Waals surface area contributed by atoms with Gasteiger partial charge in [0.2, 0.25) is 5.91 Å². The quantitative estimate of drug-likeness (QED) is 0.622. The van der Waals surface area contributed by atoms with Gasteiger partial charge >= 0.3 is 6.03 Å². The zero-order chi connectivity index (χ0) is 14.1. The van der Waals surface area contributed by atoms with Crippen LogP contribution in [0.3, 0.4) is 0 Å². The first kappa shape index (κ1) is 15.9. The van der Waals surface area contributed by atoms with E-state index in [-0.39, 0.29) is 5.91 Å². The van der Waals surface area contributed by atoms with Crippen LogP contribution in [0.25, 0.3) is 0 Å². The van der Waals surface area contributed by atoms with Crippen molar-refractivity contribution in [2.24, 2.45) is 0 Å². The molecule has 0 spiro atoms. The molecule has 1 aliphatic rings. The molecule has 0 saturated carbocycles. The van der Waals surface area contributed by atoms with E-state index in [9.17, 15) is 9.59 Å². The largest absolute Gasteiger partial charge is 0.338 e. The van der Waals surface area contributed by atoms with Gasteiger partial charge in [0.1, 0.15) is 0 Å². The summed E-state index contributed by atoms with van der Waals surface area (Å²) in [6, 6.07) is 0.0113. The highest BCUT2D eigenvalue weighted by atomic mass is 16.2. The standard InChI is InChI=1S/C13H26N4O2/c1-3-6-15-13(19)16-12(18)10-17(8-4-2)11-5-7-14-9-11/h11,14H,3-10H2,1-2H3,(H2,15,16,18,19). The van der Waals surface area contributed by atoms with Gasteiger partial charge in [-0.1, -0.05) is 13.8 Å². The van der Waals surface area contributed by atoms with Crippen molar-refractivity contribution in [3.8, 4) is 0 Å². The van der Waals surface area contributed by atoms with Crippen LogP contribution in [0, 0.1) is 0 Å². The lowest BCUT2D eigenvalue weighted by Gasteiger charge is -2.27. The SMILES string of the molecule is CCCNC(=O)NC(=O)CN(CCC)C1CCNC1. The first-order chi connectivity index (χ1) is 9.17. The number of urea groups is 1. The summed E-state index contributed by atoms with van der Waals surface area (Å²) < 4.78 is 0. The smallest absolute Gasteiger partial charge is 0.321 e. The molecular weight excluding hydrogens is 244 g/mol. The molecule has 19 heavy (non-hydrogen) atoms. The minimum absolute atomic E-state index is 0.228. The van der Waals surface area contributed by atoms with E-state index in [0.29, 0.717) is 19.1 Å². The Labute approximate surface area is 115 Å². The Bertz CT molecular complexity index is 290. The van der Waals surface area contributed by atoms with Crippen LogP contribution in [0.15, 0.2) is 0 Å². The minimum atomic E-state index is -0.396. The van der Waals surface area contributed by atoms with E-state index in [1.807, 2.05) is 6.92 Å². The maximum atomic E-state index is 11.8. The topological polar surface area (TPSA) is 73.5 Å². The molecular formula is C13H26N4O2. The van der Waals surface area contributed by atoms with Crippen LogP contribution in [0.4, 0.5) is 4.79 Å². The highest BCUT2D eigenvalue weighted by molar-refractivity contribution is 5.95. The lowest BCUT2D eigenvalue weighted by atomic mass is 10.2. The van der Waals surface area contributed by atoms with Crippen LogP contribution in [0.1, 0.15) is 33.1 Å². The van der Waals surface area contributed by atoms with Crippen molar-refractivity contribution >= 4 is 11.9 Å². The second kappa shape index (κ2) is 8.87. The number of amides is 3. The van der Waals surface area contributed by atoms with E-state index in [1.165, 1.54) is 0 Å². The van der Waals surface area contributed by atoms with E-state index in [0.717, 1.165) is 38.9 Å². The third kappa shape index (κ3) is 6.02. The molecule has 0 aromatic rings. The average Bonchev–Trinajstić information content (AvgIpc) is 2.89. The van der Waals surface area contributed by atoms with Crippen molar-refractivity contribution in [1.82, 2.24) is 20.9 Å². The summed E-state index contributed by atoms with van der Waals surface area (Å²) in [6.45, 7) is 7.76. The van der Waals surface area contributed by atoms with E-state index < -0.39 is 6.03 Å². The highest BCUT2D eigenvalue weighted by Gasteiger charge is 2.23. The number of carbonyl (C=O) groups is 2. The van der Waals surface area contributed by atoms with Gasteiger partial charge in [-0.2, -0.15) is 0 Å². The molecule has 1 rings (SSSR count). The zero-order valence-electron chi connectivity index (χ0n) is 12.0. The predicted molar refractivity (Wildman–Crippen MR) is 75.0 cm³/mol. The molecule has 6 nitrogen and oxygen atoms in total. The van der Waals surface area contributed by atoms with Gasteiger partial charge in [0, 0.05) is 19.1 Å². The van der Waals surface area contributed by atoms with Crippen LogP contribution in [0.5, 0.6) is 0 Å². The predicted octanol–water partition coefficient (Wildman–Crippen LogP) is 0.296. The second-order valence-corrected chi connectivity index (χ2v) is 4.92. The summed E-state index contributed by atoms with van der Waals surface area (Å²) in [5.41, 5.74) is 0. The van der Waals surface area contributed by atoms with Gasteiger partial charge in [0.05, 0.1) is 6.54 Å². The minimum Gasteiger partial charge on any atom is -0.338 e. The van der Waals surface area contributed by atoms with Crippen LogP contribution in [0.2, 0.25) is 0 Å². The lowest BCUT2D eigenvalue weighted by molar-refractivity contribution is -0.121. The Hall–Kier alpha value is -1.14. The lowest BCUT2D eigenvalue weighted by Crippen LogP contribution is -2.48. The molecule has 0 aromatic heterocycles. The number of hydrogen-bond acceptors (Lipinski definition) is 4. The van der Waals surface area contributed by atoms with E-state index >= 15 is 0 Å². The van der Waals surface area contributed by atoms with Crippen LogP contribution < -0.4 is 16.0 Å². The molecule has 3 amide bonds. The number of carbonyl (C=O) groups excluding carboxylic acids is 2. The highest BCUT2D eigenvalue weighted by Crippen LogP contribution is 2.08. The Balaban J connectivity index is 2.35. The Morgan fingerprint density at radius 1 is 1.32 bits per heavy atom. The molecule has 0 bridgehead atoms. The Morgan fingerprint density at radius 3 is 2.68 bits per heavy atom. The third-order valence-electron chi connectivity index (χ3n) is 3.20. The van der Waals surface area contributed by atoms with Gasteiger partial charge in [-0.15, -0.1) is 0 Å². The van der Waals surface area contributed by atoms with Crippen molar-refractivity contribution in [2.45, 2.75) is 39.2 Å². The molecule has 1 unspecified atom stereocenters. The fourth-order valence-electron chi connectivity index (χ4n) is 2.26. The number of rotatable bonds is 7. The van der Waals surface area contributed by atoms with Crippen molar-refractivity contribution in [2.75, 3.05) is 32.7 Å². The summed E-state index contributed by atoms with van der Waals surface area (Å²) in [4.78, 5) is 25.4. The zero-order valence-corrected chi connectivity index (χ0v) is 12.0. The monoisotopic (exact) mass is 270 g/mol. The van der Waals surface area contributed by atoms with E-state index in [1.54, 1.807) is 0 Å². The van der Waals surface area contributed by atoms with Gasteiger partial charge in [0.25, 0.3) is 0 Å². The maximum Gasteiger partial charge on any atom is 0.321 e. The molecule has 1 fully saturated rings. The molecule has 110 valence electrons. The van der Waals surface area contributed by atoms with Crippen LogP contribution in [-0.2, 0) is 4.79 Å². The van der Waals surface area contributed by atoms with Gasteiger partial charge in [-0.3, -0.25) is 15.0 Å². The third-order valence-corrected chi connectivity index (χ3v) is 3.20. The first-order valence-electron chi connectivity index (χ1n) is 7.19. The fourth-order valence-corrected chi connectivity index (χ4v) is 2.26. The van der Waals surface area contributed by atoms with Crippen molar-refractivity contribution in [3.63, 3.8) is 0 Å².